The third kappa shape index (κ3) is 6.35. The number of nitrogens with two attached hydrogens (primary N) is 1. The Hall–Kier alpha value is -2.47. The molecule has 3 aromatic carbocycles. The first-order chi connectivity index (χ1) is 16.4. The third-order valence-electron chi connectivity index (χ3n) is 6.13. The fraction of sp³-hybridized carbons (Fsp3) is 0.379. The second-order valence-corrected chi connectivity index (χ2v) is 10.6. The van der Waals surface area contributed by atoms with Crippen molar-refractivity contribution in [1.29, 1.82) is 0 Å². The molecular formula is C29H38N2O2S. The van der Waals surface area contributed by atoms with Crippen molar-refractivity contribution in [2.75, 3.05) is 0 Å². The summed E-state index contributed by atoms with van der Waals surface area (Å²) in [7, 11) is -3.83. The minimum atomic E-state index is -3.83. The molecule has 0 saturated heterocycles. The molecule has 0 fully saturated rings. The van der Waals surface area contributed by atoms with Crippen LogP contribution in [-0.4, -0.2) is 8.42 Å². The van der Waals surface area contributed by atoms with Crippen molar-refractivity contribution < 1.29 is 8.42 Å². The van der Waals surface area contributed by atoms with Crippen LogP contribution in [-0.2, 0) is 29.3 Å². The molecule has 3 N–H and O–H groups in total. The van der Waals surface area contributed by atoms with Crippen LogP contribution < -0.4 is 10.5 Å². The maximum absolute atomic E-state index is 14.0. The van der Waals surface area contributed by atoms with E-state index in [0.29, 0.717) is 4.90 Å². The van der Waals surface area contributed by atoms with Gasteiger partial charge in [-0.25, -0.2) is 13.1 Å². The van der Waals surface area contributed by atoms with E-state index < -0.39 is 22.1 Å². The van der Waals surface area contributed by atoms with Gasteiger partial charge < -0.3 is 5.73 Å². The van der Waals surface area contributed by atoms with Gasteiger partial charge in [0, 0.05) is 0 Å². The first kappa shape index (κ1) is 26.1. The fourth-order valence-corrected chi connectivity index (χ4v) is 6.36. The summed E-state index contributed by atoms with van der Waals surface area (Å²) in [5.41, 5.74) is 11.5. The van der Waals surface area contributed by atoms with Gasteiger partial charge in [-0.15, -0.1) is 0 Å². The summed E-state index contributed by atoms with van der Waals surface area (Å²) in [6.45, 7) is 6.34. The van der Waals surface area contributed by atoms with Crippen LogP contribution in [0.25, 0.3) is 0 Å². The Labute approximate surface area is 205 Å². The minimum absolute atomic E-state index is 0.442. The molecule has 0 bridgehead atoms. The minimum Gasteiger partial charge on any atom is -0.322 e. The Morgan fingerprint density at radius 3 is 1.68 bits per heavy atom. The van der Waals surface area contributed by atoms with Crippen LogP contribution in [0.1, 0.15) is 79.9 Å². The Balaban J connectivity index is 2.11. The Morgan fingerprint density at radius 2 is 1.21 bits per heavy atom. The summed E-state index contributed by atoms with van der Waals surface area (Å²) in [4.78, 5) is 0.442. The van der Waals surface area contributed by atoms with E-state index in [4.69, 9.17) is 5.73 Å². The molecule has 0 aliphatic heterocycles. The van der Waals surface area contributed by atoms with Crippen LogP contribution in [0.3, 0.4) is 0 Å². The molecule has 0 radical (unpaired) electrons. The first-order valence-electron chi connectivity index (χ1n) is 12.4. The van der Waals surface area contributed by atoms with Gasteiger partial charge in [0.25, 0.3) is 0 Å². The molecule has 3 aromatic rings. The van der Waals surface area contributed by atoms with Crippen molar-refractivity contribution in [2.24, 2.45) is 5.73 Å². The van der Waals surface area contributed by atoms with Crippen molar-refractivity contribution >= 4 is 10.0 Å². The van der Waals surface area contributed by atoms with E-state index in [-0.39, 0.29) is 0 Å². The molecule has 0 spiro atoms. The maximum Gasteiger partial charge on any atom is 0.241 e. The van der Waals surface area contributed by atoms with Crippen LogP contribution in [0.4, 0.5) is 0 Å². The van der Waals surface area contributed by atoms with Gasteiger partial charge in [0.2, 0.25) is 10.0 Å². The molecule has 0 heterocycles. The lowest BCUT2D eigenvalue weighted by molar-refractivity contribution is 0.502. The second-order valence-electron chi connectivity index (χ2n) is 8.94. The second kappa shape index (κ2) is 12.3. The lowest BCUT2D eigenvalue weighted by Crippen LogP contribution is -2.36. The molecule has 0 aromatic heterocycles. The lowest BCUT2D eigenvalue weighted by Gasteiger charge is -2.27. The van der Waals surface area contributed by atoms with Crippen molar-refractivity contribution in [3.8, 4) is 0 Å². The maximum atomic E-state index is 14.0. The van der Waals surface area contributed by atoms with Crippen molar-refractivity contribution in [1.82, 2.24) is 4.72 Å². The van der Waals surface area contributed by atoms with E-state index in [1.165, 1.54) is 5.56 Å². The summed E-state index contributed by atoms with van der Waals surface area (Å²) in [6.07, 6.45) is 5.21. The van der Waals surface area contributed by atoms with Crippen molar-refractivity contribution in [3.63, 3.8) is 0 Å². The number of aryl methyl sites for hydroxylation is 3. The molecule has 0 saturated carbocycles. The summed E-state index contributed by atoms with van der Waals surface area (Å²) < 4.78 is 31.1. The van der Waals surface area contributed by atoms with E-state index in [1.54, 1.807) is 0 Å². The van der Waals surface area contributed by atoms with Gasteiger partial charge in [-0.2, -0.15) is 0 Å². The summed E-state index contributed by atoms with van der Waals surface area (Å²) in [5.74, 6) is 0. The highest BCUT2D eigenvalue weighted by molar-refractivity contribution is 7.89. The Kier molecular flexibility index (Phi) is 9.45. The molecule has 3 rings (SSSR count). The third-order valence-corrected chi connectivity index (χ3v) is 7.76. The molecule has 0 aliphatic carbocycles. The fourth-order valence-electron chi connectivity index (χ4n) is 4.62. The average Bonchev–Trinajstić information content (AvgIpc) is 2.83. The Bertz CT molecular complexity index is 1120. The molecule has 2 atom stereocenters. The van der Waals surface area contributed by atoms with Crippen molar-refractivity contribution in [3.05, 3.63) is 101 Å². The number of benzene rings is 3. The highest BCUT2D eigenvalue weighted by atomic mass is 32.2. The number of rotatable bonds is 12. The number of hydrogen-bond donors (Lipinski definition) is 2. The van der Waals surface area contributed by atoms with Gasteiger partial charge in [0.05, 0.1) is 17.0 Å². The molecule has 182 valence electrons. The van der Waals surface area contributed by atoms with E-state index >= 15 is 0 Å². The smallest absolute Gasteiger partial charge is 0.241 e. The molecule has 0 aliphatic rings. The average molecular weight is 479 g/mol. The molecule has 0 amide bonds. The predicted octanol–water partition coefficient (Wildman–Crippen LogP) is 6.26. The zero-order chi connectivity index (χ0) is 24.6. The topological polar surface area (TPSA) is 72.2 Å². The molecule has 4 nitrogen and oxygen atoms in total. The summed E-state index contributed by atoms with van der Waals surface area (Å²) >= 11 is 0. The van der Waals surface area contributed by atoms with Crippen LogP contribution in [0, 0.1) is 0 Å². The molecule has 5 heteroatoms. The van der Waals surface area contributed by atoms with Crippen LogP contribution >= 0.6 is 0 Å². The molecular weight excluding hydrogens is 440 g/mol. The summed E-state index contributed by atoms with van der Waals surface area (Å²) in [6, 6.07) is 22.4. The number of nitrogens with one attached hydrogen (secondary N) is 1. The normalized spacial score (nSPS) is 13.5. The molecule has 2 unspecified atom stereocenters. The van der Waals surface area contributed by atoms with Gasteiger partial charge in [0.1, 0.15) is 0 Å². The van der Waals surface area contributed by atoms with E-state index in [2.05, 4.69) is 37.6 Å². The molecule has 34 heavy (non-hydrogen) atoms. The first-order valence-corrected chi connectivity index (χ1v) is 13.9. The van der Waals surface area contributed by atoms with E-state index in [1.807, 2.05) is 60.7 Å². The zero-order valence-corrected chi connectivity index (χ0v) is 21.4. The largest absolute Gasteiger partial charge is 0.322 e. The van der Waals surface area contributed by atoms with Crippen LogP contribution in [0.5, 0.6) is 0 Å². The highest BCUT2D eigenvalue weighted by Gasteiger charge is 2.30. The quantitative estimate of drug-likeness (QED) is 0.322. The SMILES string of the molecule is CCCc1cc(CCC)c(S(=O)(=O)NC(c2ccccc2)C(N)c2ccccc2)c(CCC)c1. The number of hydrogen-bond acceptors (Lipinski definition) is 3. The van der Waals surface area contributed by atoms with Crippen molar-refractivity contribution in [2.45, 2.75) is 76.3 Å². The monoisotopic (exact) mass is 478 g/mol. The Morgan fingerprint density at radius 1 is 0.735 bits per heavy atom. The lowest BCUT2D eigenvalue weighted by atomic mass is 9.95. The van der Waals surface area contributed by atoms with Gasteiger partial charge in [-0.1, -0.05) is 113 Å². The van der Waals surface area contributed by atoms with Crippen LogP contribution in [0.15, 0.2) is 77.7 Å². The zero-order valence-electron chi connectivity index (χ0n) is 20.6. The highest BCUT2D eigenvalue weighted by Crippen LogP contribution is 2.32. The summed E-state index contributed by atoms with van der Waals surface area (Å²) in [5, 5.41) is 0. The van der Waals surface area contributed by atoms with E-state index in [0.717, 1.165) is 60.8 Å². The van der Waals surface area contributed by atoms with Crippen LogP contribution in [0.2, 0.25) is 0 Å². The predicted molar refractivity (Wildman–Crippen MR) is 141 cm³/mol. The van der Waals surface area contributed by atoms with E-state index in [9.17, 15) is 8.42 Å². The van der Waals surface area contributed by atoms with Gasteiger partial charge >= 0.3 is 0 Å². The number of sulfonamides is 1. The van der Waals surface area contributed by atoms with Gasteiger partial charge in [-0.05, 0) is 47.1 Å². The van der Waals surface area contributed by atoms with Gasteiger partial charge in [0.15, 0.2) is 0 Å². The standard InChI is InChI=1S/C29H38N2O2S/c1-4-13-22-20-25(14-5-2)29(26(21-22)15-6-3)34(32,33)31-28(24-18-11-8-12-19-24)27(30)23-16-9-7-10-17-23/h7-12,16-21,27-28,31H,4-6,13-15,30H2,1-3H3. The van der Waals surface area contributed by atoms with Gasteiger partial charge in [-0.3, -0.25) is 0 Å².